The van der Waals surface area contributed by atoms with Gasteiger partial charge in [-0.3, -0.25) is 9.59 Å². The van der Waals surface area contributed by atoms with Crippen molar-refractivity contribution in [2.45, 2.75) is 26.3 Å². The molecule has 0 fully saturated rings. The first-order chi connectivity index (χ1) is 15.3. The molecule has 5 nitrogen and oxygen atoms in total. The van der Waals surface area contributed by atoms with Crippen LogP contribution in [0, 0.1) is 13.8 Å². The van der Waals surface area contributed by atoms with E-state index in [0.717, 1.165) is 21.3 Å². The van der Waals surface area contributed by atoms with E-state index in [4.69, 9.17) is 4.74 Å². The van der Waals surface area contributed by atoms with Gasteiger partial charge in [0.1, 0.15) is 6.04 Å². The van der Waals surface area contributed by atoms with Crippen LogP contribution in [0.3, 0.4) is 0 Å². The molecule has 0 amide bonds. The summed E-state index contributed by atoms with van der Waals surface area (Å²) < 4.78 is 6.17. The van der Waals surface area contributed by atoms with E-state index < -0.39 is 18.6 Å². The summed E-state index contributed by atoms with van der Waals surface area (Å²) in [7, 11) is 0. The molecule has 32 heavy (non-hydrogen) atoms. The van der Waals surface area contributed by atoms with Crippen molar-refractivity contribution in [1.82, 2.24) is 0 Å². The number of nitrogens with one attached hydrogen (secondary N) is 1. The first kappa shape index (κ1) is 23.4. The molecule has 0 aliphatic carbocycles. The summed E-state index contributed by atoms with van der Waals surface area (Å²) in [5.74, 6) is -1.16. The quantitative estimate of drug-likeness (QED) is 0.312. The number of benzene rings is 3. The lowest BCUT2D eigenvalue weighted by molar-refractivity contribution is -0.143. The maximum atomic E-state index is 12.9. The van der Waals surface area contributed by atoms with Crippen LogP contribution in [0.25, 0.3) is 0 Å². The number of ketones is 2. The van der Waals surface area contributed by atoms with Crippen molar-refractivity contribution in [2.24, 2.45) is 0 Å². The highest BCUT2D eigenvalue weighted by atomic mass is 79.9. The summed E-state index contributed by atoms with van der Waals surface area (Å²) >= 11 is 3.32. The highest BCUT2D eigenvalue weighted by molar-refractivity contribution is 9.10. The van der Waals surface area contributed by atoms with Crippen molar-refractivity contribution in [2.75, 3.05) is 11.9 Å². The van der Waals surface area contributed by atoms with E-state index in [-0.39, 0.29) is 18.0 Å². The fourth-order valence-electron chi connectivity index (χ4n) is 3.16. The van der Waals surface area contributed by atoms with Crippen LogP contribution >= 0.6 is 15.9 Å². The van der Waals surface area contributed by atoms with Crippen LogP contribution in [0.4, 0.5) is 5.69 Å². The molecular weight excluding hydrogens is 470 g/mol. The third kappa shape index (κ3) is 6.37. The number of hydrogen-bond donors (Lipinski definition) is 1. The number of anilines is 1. The lowest BCUT2D eigenvalue weighted by Crippen LogP contribution is -2.35. The lowest BCUT2D eigenvalue weighted by atomic mass is 10.0. The molecule has 0 saturated heterocycles. The molecule has 3 rings (SSSR count). The maximum Gasteiger partial charge on any atom is 0.329 e. The fourth-order valence-corrected chi connectivity index (χ4v) is 3.42. The molecule has 0 aliphatic rings. The third-order valence-electron chi connectivity index (χ3n) is 5.00. The minimum absolute atomic E-state index is 0.0945. The van der Waals surface area contributed by atoms with E-state index >= 15 is 0 Å². The molecule has 0 heterocycles. The van der Waals surface area contributed by atoms with Crippen LogP contribution < -0.4 is 5.32 Å². The number of halogens is 1. The molecule has 164 valence electrons. The molecule has 3 aromatic rings. The fraction of sp³-hybridized carbons (Fsp3) is 0.192. The Morgan fingerprint density at radius 1 is 0.875 bits per heavy atom. The molecule has 3 aromatic carbocycles. The number of rotatable bonds is 9. The summed E-state index contributed by atoms with van der Waals surface area (Å²) in [6.45, 7) is 3.47. The van der Waals surface area contributed by atoms with Crippen LogP contribution in [-0.2, 0) is 9.53 Å². The Hall–Kier alpha value is -3.25. The summed E-state index contributed by atoms with van der Waals surface area (Å²) in [4.78, 5) is 38.1. The van der Waals surface area contributed by atoms with Gasteiger partial charge in [0.15, 0.2) is 18.2 Å². The van der Waals surface area contributed by atoms with E-state index in [0.29, 0.717) is 11.1 Å². The van der Waals surface area contributed by atoms with E-state index in [1.165, 1.54) is 0 Å². The zero-order valence-corrected chi connectivity index (χ0v) is 19.5. The van der Waals surface area contributed by atoms with Crippen molar-refractivity contribution in [1.29, 1.82) is 0 Å². The minimum Gasteiger partial charge on any atom is -0.456 e. The average Bonchev–Trinajstić information content (AvgIpc) is 2.80. The number of carbonyl (C=O) groups is 3. The molecule has 1 atom stereocenters. The maximum absolute atomic E-state index is 12.9. The van der Waals surface area contributed by atoms with Crippen molar-refractivity contribution in [3.05, 3.63) is 99.5 Å². The SMILES string of the molecule is Cc1ccc(C)c(N[C@H](CC(=O)c2ccccc2)C(=O)OCC(=O)c2ccc(Br)cc2)c1. The van der Waals surface area contributed by atoms with Crippen LogP contribution in [-0.4, -0.2) is 30.2 Å². The van der Waals surface area contributed by atoms with Gasteiger partial charge in [-0.15, -0.1) is 0 Å². The molecular formula is C26H24BrNO4. The topological polar surface area (TPSA) is 72.5 Å². The molecule has 6 heteroatoms. The van der Waals surface area contributed by atoms with Gasteiger partial charge in [-0.1, -0.05) is 70.5 Å². The number of carbonyl (C=O) groups excluding carboxylic acids is 3. The van der Waals surface area contributed by atoms with Gasteiger partial charge in [0.05, 0.1) is 0 Å². The molecule has 1 N–H and O–H groups in total. The zero-order valence-electron chi connectivity index (χ0n) is 17.9. The van der Waals surface area contributed by atoms with Crippen LogP contribution in [0.15, 0.2) is 77.3 Å². The molecule has 0 radical (unpaired) electrons. The normalized spacial score (nSPS) is 11.5. The van der Waals surface area contributed by atoms with Crippen molar-refractivity contribution in [3.8, 4) is 0 Å². The smallest absolute Gasteiger partial charge is 0.329 e. The molecule has 0 aliphatic heterocycles. The Bertz CT molecular complexity index is 1110. The van der Waals surface area contributed by atoms with E-state index in [1.807, 2.05) is 38.1 Å². The van der Waals surface area contributed by atoms with Gasteiger partial charge in [0.25, 0.3) is 0 Å². The summed E-state index contributed by atoms with van der Waals surface area (Å²) in [6, 6.07) is 20.5. The zero-order chi connectivity index (χ0) is 23.1. The highest BCUT2D eigenvalue weighted by Gasteiger charge is 2.25. The van der Waals surface area contributed by atoms with Crippen molar-refractivity contribution < 1.29 is 19.1 Å². The van der Waals surface area contributed by atoms with Gasteiger partial charge < -0.3 is 10.1 Å². The Labute approximate surface area is 195 Å². The largest absolute Gasteiger partial charge is 0.456 e. The highest BCUT2D eigenvalue weighted by Crippen LogP contribution is 2.20. The van der Waals surface area contributed by atoms with Crippen LogP contribution in [0.2, 0.25) is 0 Å². The summed E-state index contributed by atoms with van der Waals surface area (Å²) in [5.41, 5.74) is 3.66. The molecule has 0 saturated carbocycles. The lowest BCUT2D eigenvalue weighted by Gasteiger charge is -2.20. The molecule has 0 unspecified atom stereocenters. The molecule has 0 aromatic heterocycles. The van der Waals surface area contributed by atoms with Gasteiger partial charge in [-0.05, 0) is 43.2 Å². The minimum atomic E-state index is -0.930. The Morgan fingerprint density at radius 3 is 2.22 bits per heavy atom. The number of aryl methyl sites for hydroxylation is 2. The summed E-state index contributed by atoms with van der Waals surface area (Å²) in [6.07, 6.45) is -0.0945. The third-order valence-corrected chi connectivity index (χ3v) is 5.53. The van der Waals surface area contributed by atoms with Gasteiger partial charge in [0, 0.05) is 27.7 Å². The van der Waals surface area contributed by atoms with Gasteiger partial charge in [-0.25, -0.2) is 4.79 Å². The van der Waals surface area contributed by atoms with Crippen LogP contribution in [0.5, 0.6) is 0 Å². The van der Waals surface area contributed by atoms with Gasteiger partial charge in [0.2, 0.25) is 0 Å². The Kier molecular flexibility index (Phi) is 7.95. The predicted octanol–water partition coefficient (Wildman–Crippen LogP) is 5.55. The summed E-state index contributed by atoms with van der Waals surface area (Å²) in [5, 5.41) is 3.15. The number of ether oxygens (including phenoxy) is 1. The predicted molar refractivity (Wildman–Crippen MR) is 128 cm³/mol. The number of Topliss-reactive ketones (excluding diaryl/α,β-unsaturated/α-hetero) is 2. The number of esters is 1. The monoisotopic (exact) mass is 493 g/mol. The molecule has 0 bridgehead atoms. The Balaban J connectivity index is 1.74. The van der Waals surface area contributed by atoms with E-state index in [2.05, 4.69) is 21.2 Å². The van der Waals surface area contributed by atoms with E-state index in [9.17, 15) is 14.4 Å². The van der Waals surface area contributed by atoms with Crippen molar-refractivity contribution >= 4 is 39.2 Å². The van der Waals surface area contributed by atoms with E-state index in [1.54, 1.807) is 48.5 Å². The second-order valence-electron chi connectivity index (χ2n) is 7.55. The first-order valence-corrected chi connectivity index (χ1v) is 11.0. The Morgan fingerprint density at radius 2 is 1.53 bits per heavy atom. The van der Waals surface area contributed by atoms with Crippen LogP contribution in [0.1, 0.15) is 38.3 Å². The molecule has 0 spiro atoms. The van der Waals surface area contributed by atoms with Crippen molar-refractivity contribution in [3.63, 3.8) is 0 Å². The first-order valence-electron chi connectivity index (χ1n) is 10.2. The second kappa shape index (κ2) is 10.9. The average molecular weight is 494 g/mol. The van der Waals surface area contributed by atoms with Gasteiger partial charge >= 0.3 is 5.97 Å². The number of hydrogen-bond acceptors (Lipinski definition) is 5. The standard InChI is InChI=1S/C26H24BrNO4/c1-17-8-9-18(2)22(14-17)28-23(15-24(29)19-6-4-3-5-7-19)26(31)32-16-25(30)20-10-12-21(27)13-11-20/h3-14,23,28H,15-16H2,1-2H3/t23-/m1/s1. The second-order valence-corrected chi connectivity index (χ2v) is 8.46. The van der Waals surface area contributed by atoms with Gasteiger partial charge in [-0.2, -0.15) is 0 Å².